The van der Waals surface area contributed by atoms with E-state index in [1.165, 1.54) is 32.1 Å². The van der Waals surface area contributed by atoms with Crippen molar-refractivity contribution in [1.82, 2.24) is 4.90 Å². The Labute approximate surface area is 88.8 Å². The van der Waals surface area contributed by atoms with Gasteiger partial charge in [0.15, 0.2) is 0 Å². The van der Waals surface area contributed by atoms with Crippen molar-refractivity contribution in [2.24, 2.45) is 5.73 Å². The minimum Gasteiger partial charge on any atom is -0.328 e. The van der Waals surface area contributed by atoms with Crippen LogP contribution in [-0.2, 0) is 0 Å². The lowest BCUT2D eigenvalue weighted by Crippen LogP contribution is -2.50. The van der Waals surface area contributed by atoms with E-state index in [4.69, 9.17) is 5.73 Å². The van der Waals surface area contributed by atoms with Crippen molar-refractivity contribution in [3.63, 3.8) is 0 Å². The van der Waals surface area contributed by atoms with Gasteiger partial charge in [0.2, 0.25) is 0 Å². The molecule has 2 atom stereocenters. The highest BCUT2D eigenvalue weighted by Crippen LogP contribution is 2.27. The highest BCUT2D eigenvalue weighted by molar-refractivity contribution is 4.87. The van der Waals surface area contributed by atoms with Gasteiger partial charge in [0.05, 0.1) is 0 Å². The van der Waals surface area contributed by atoms with E-state index < -0.39 is 0 Å². The molecule has 1 rings (SSSR count). The molecule has 0 heterocycles. The first-order valence-electron chi connectivity index (χ1n) is 5.96. The Morgan fingerprint density at radius 3 is 2.50 bits per heavy atom. The maximum Gasteiger partial charge on any atom is 0.0150 e. The average Bonchev–Trinajstić information content (AvgIpc) is 2.16. The summed E-state index contributed by atoms with van der Waals surface area (Å²) in [5, 5.41) is 0. The predicted molar refractivity (Wildman–Crippen MR) is 62.4 cm³/mol. The lowest BCUT2D eigenvalue weighted by molar-refractivity contribution is 0.0704. The Bertz CT molecular complexity index is 177. The molecule has 0 saturated heterocycles. The average molecular weight is 198 g/mol. The Kier molecular flexibility index (Phi) is 3.96. The Morgan fingerprint density at radius 1 is 1.36 bits per heavy atom. The van der Waals surface area contributed by atoms with Gasteiger partial charge in [-0.2, -0.15) is 0 Å². The third-order valence-electron chi connectivity index (χ3n) is 4.05. The molecule has 2 unspecified atom stereocenters. The Hall–Kier alpha value is -0.0800. The normalized spacial score (nSPS) is 29.6. The first kappa shape index (κ1) is 12.0. The SMILES string of the molecule is CCC(C)(C)N(C)C1CCCC(N)C1. The van der Waals surface area contributed by atoms with Crippen molar-refractivity contribution >= 4 is 0 Å². The summed E-state index contributed by atoms with van der Waals surface area (Å²) >= 11 is 0. The van der Waals surface area contributed by atoms with Crippen LogP contribution in [0, 0.1) is 0 Å². The summed E-state index contributed by atoms with van der Waals surface area (Å²) in [6.45, 7) is 6.92. The predicted octanol–water partition coefficient (Wildman–Crippen LogP) is 2.38. The number of nitrogens with zero attached hydrogens (tertiary/aromatic N) is 1. The lowest BCUT2D eigenvalue weighted by atomic mass is 9.87. The topological polar surface area (TPSA) is 29.3 Å². The molecule has 0 aliphatic heterocycles. The van der Waals surface area contributed by atoms with Gasteiger partial charge in [0, 0.05) is 17.6 Å². The lowest BCUT2D eigenvalue weighted by Gasteiger charge is -2.43. The Morgan fingerprint density at radius 2 is 2.00 bits per heavy atom. The summed E-state index contributed by atoms with van der Waals surface area (Å²) in [5.41, 5.74) is 6.34. The molecule has 0 bridgehead atoms. The fourth-order valence-electron chi connectivity index (χ4n) is 2.30. The fraction of sp³-hybridized carbons (Fsp3) is 1.00. The molecule has 0 aromatic rings. The summed E-state index contributed by atoms with van der Waals surface area (Å²) in [4.78, 5) is 2.53. The number of hydrogen-bond donors (Lipinski definition) is 1. The summed E-state index contributed by atoms with van der Waals surface area (Å²) < 4.78 is 0. The summed E-state index contributed by atoms with van der Waals surface area (Å²) in [6, 6.07) is 1.14. The van der Waals surface area contributed by atoms with E-state index in [0.29, 0.717) is 17.6 Å². The molecule has 1 aliphatic carbocycles. The van der Waals surface area contributed by atoms with Gasteiger partial charge in [-0.1, -0.05) is 13.3 Å². The zero-order valence-corrected chi connectivity index (χ0v) is 10.2. The zero-order chi connectivity index (χ0) is 10.8. The van der Waals surface area contributed by atoms with Gasteiger partial charge in [-0.3, -0.25) is 4.90 Å². The standard InChI is InChI=1S/C12H26N2/c1-5-12(2,3)14(4)11-8-6-7-10(13)9-11/h10-11H,5-9,13H2,1-4H3. The van der Waals surface area contributed by atoms with E-state index in [9.17, 15) is 0 Å². The molecule has 1 fully saturated rings. The van der Waals surface area contributed by atoms with Gasteiger partial charge in [0.25, 0.3) is 0 Å². The molecule has 0 aromatic heterocycles. The van der Waals surface area contributed by atoms with Crippen LogP contribution < -0.4 is 5.73 Å². The molecular weight excluding hydrogens is 172 g/mol. The molecule has 2 N–H and O–H groups in total. The third-order valence-corrected chi connectivity index (χ3v) is 4.05. The first-order chi connectivity index (χ1) is 6.47. The van der Waals surface area contributed by atoms with E-state index in [2.05, 4.69) is 32.7 Å². The van der Waals surface area contributed by atoms with E-state index in [0.717, 1.165) is 0 Å². The van der Waals surface area contributed by atoms with Crippen LogP contribution in [0.4, 0.5) is 0 Å². The molecule has 0 amide bonds. The third kappa shape index (κ3) is 2.71. The van der Waals surface area contributed by atoms with Crippen molar-refractivity contribution in [3.8, 4) is 0 Å². The van der Waals surface area contributed by atoms with Crippen LogP contribution in [0.5, 0.6) is 0 Å². The molecule has 0 radical (unpaired) electrons. The molecule has 0 aromatic carbocycles. The van der Waals surface area contributed by atoms with Gasteiger partial charge in [-0.05, 0) is 46.6 Å². The Balaban J connectivity index is 2.55. The molecular formula is C12H26N2. The number of nitrogens with two attached hydrogens (primary N) is 1. The minimum atomic E-state index is 0.321. The molecule has 1 aliphatic rings. The van der Waals surface area contributed by atoms with Crippen molar-refractivity contribution in [1.29, 1.82) is 0 Å². The summed E-state index contributed by atoms with van der Waals surface area (Å²) in [6.07, 6.45) is 6.23. The van der Waals surface area contributed by atoms with Crippen molar-refractivity contribution < 1.29 is 0 Å². The van der Waals surface area contributed by atoms with E-state index in [1.807, 2.05) is 0 Å². The van der Waals surface area contributed by atoms with Crippen molar-refractivity contribution in [3.05, 3.63) is 0 Å². The van der Waals surface area contributed by atoms with Crippen LogP contribution in [-0.4, -0.2) is 29.6 Å². The smallest absolute Gasteiger partial charge is 0.0150 e. The maximum absolute atomic E-state index is 6.02. The van der Waals surface area contributed by atoms with E-state index >= 15 is 0 Å². The second kappa shape index (κ2) is 4.63. The van der Waals surface area contributed by atoms with Gasteiger partial charge in [-0.25, -0.2) is 0 Å². The maximum atomic E-state index is 6.02. The zero-order valence-electron chi connectivity index (χ0n) is 10.2. The largest absolute Gasteiger partial charge is 0.328 e. The molecule has 1 saturated carbocycles. The fourth-order valence-corrected chi connectivity index (χ4v) is 2.30. The molecule has 0 spiro atoms. The quantitative estimate of drug-likeness (QED) is 0.754. The van der Waals surface area contributed by atoms with Crippen LogP contribution in [0.2, 0.25) is 0 Å². The van der Waals surface area contributed by atoms with Crippen LogP contribution >= 0.6 is 0 Å². The van der Waals surface area contributed by atoms with Crippen molar-refractivity contribution in [2.75, 3.05) is 7.05 Å². The van der Waals surface area contributed by atoms with Gasteiger partial charge in [0.1, 0.15) is 0 Å². The second-order valence-corrected chi connectivity index (χ2v) is 5.36. The van der Waals surface area contributed by atoms with Crippen LogP contribution in [0.25, 0.3) is 0 Å². The minimum absolute atomic E-state index is 0.321. The van der Waals surface area contributed by atoms with Crippen LogP contribution in [0.1, 0.15) is 52.9 Å². The van der Waals surface area contributed by atoms with E-state index in [-0.39, 0.29) is 0 Å². The highest BCUT2D eigenvalue weighted by Gasteiger charge is 2.30. The first-order valence-corrected chi connectivity index (χ1v) is 5.96. The molecule has 2 heteroatoms. The van der Waals surface area contributed by atoms with Crippen LogP contribution in [0.3, 0.4) is 0 Å². The van der Waals surface area contributed by atoms with Gasteiger partial charge < -0.3 is 5.73 Å². The highest BCUT2D eigenvalue weighted by atomic mass is 15.2. The number of hydrogen-bond acceptors (Lipinski definition) is 2. The molecule has 84 valence electrons. The molecule has 2 nitrogen and oxygen atoms in total. The van der Waals surface area contributed by atoms with Crippen LogP contribution in [0.15, 0.2) is 0 Å². The summed E-state index contributed by atoms with van der Waals surface area (Å²) in [5.74, 6) is 0. The van der Waals surface area contributed by atoms with Gasteiger partial charge >= 0.3 is 0 Å². The number of rotatable bonds is 3. The monoisotopic (exact) mass is 198 g/mol. The summed E-state index contributed by atoms with van der Waals surface area (Å²) in [7, 11) is 2.26. The second-order valence-electron chi connectivity index (χ2n) is 5.36. The van der Waals surface area contributed by atoms with Gasteiger partial charge in [-0.15, -0.1) is 0 Å². The molecule has 14 heavy (non-hydrogen) atoms. The van der Waals surface area contributed by atoms with E-state index in [1.54, 1.807) is 0 Å². The van der Waals surface area contributed by atoms with Crippen molar-refractivity contribution in [2.45, 2.75) is 70.5 Å².